The van der Waals surface area contributed by atoms with Crippen LogP contribution in [-0.2, 0) is 0 Å². The molecule has 1 fully saturated rings. The predicted octanol–water partition coefficient (Wildman–Crippen LogP) is 3.83. The molecule has 0 saturated heterocycles. The standard InChI is InChI=1S/C12H17BrN2/c1-2-9-3-4-10(7-9)15-11-5-6-12(13)14-8-11/h5-6,8-10,15H,2-4,7H2,1H3. The van der Waals surface area contributed by atoms with E-state index < -0.39 is 0 Å². The Bertz CT molecular complexity index is 310. The molecule has 2 atom stereocenters. The molecule has 0 amide bonds. The lowest BCUT2D eigenvalue weighted by Crippen LogP contribution is -2.15. The molecular formula is C12H17BrN2. The van der Waals surface area contributed by atoms with Crippen LogP contribution in [0.1, 0.15) is 32.6 Å². The number of pyridine rings is 1. The highest BCUT2D eigenvalue weighted by Crippen LogP contribution is 2.30. The average molecular weight is 269 g/mol. The van der Waals surface area contributed by atoms with Gasteiger partial charge in [0.25, 0.3) is 0 Å². The molecule has 1 N–H and O–H groups in total. The van der Waals surface area contributed by atoms with E-state index in [9.17, 15) is 0 Å². The highest BCUT2D eigenvalue weighted by molar-refractivity contribution is 9.10. The Hall–Kier alpha value is -0.570. The summed E-state index contributed by atoms with van der Waals surface area (Å²) in [4.78, 5) is 4.21. The SMILES string of the molecule is CCC1CCC(Nc2ccc(Br)nc2)C1. The Kier molecular flexibility index (Phi) is 3.62. The molecule has 0 bridgehead atoms. The van der Waals surface area contributed by atoms with Crippen LogP contribution < -0.4 is 5.32 Å². The van der Waals surface area contributed by atoms with Crippen LogP contribution in [-0.4, -0.2) is 11.0 Å². The summed E-state index contributed by atoms with van der Waals surface area (Å²) in [5.41, 5.74) is 1.14. The highest BCUT2D eigenvalue weighted by Gasteiger charge is 2.22. The third kappa shape index (κ3) is 2.94. The largest absolute Gasteiger partial charge is 0.381 e. The topological polar surface area (TPSA) is 24.9 Å². The van der Waals surface area contributed by atoms with E-state index in [4.69, 9.17) is 0 Å². The number of anilines is 1. The van der Waals surface area contributed by atoms with Crippen LogP contribution in [0, 0.1) is 5.92 Å². The summed E-state index contributed by atoms with van der Waals surface area (Å²) < 4.78 is 0.894. The first-order valence-corrected chi connectivity index (χ1v) is 6.45. The molecule has 0 spiro atoms. The minimum Gasteiger partial charge on any atom is -0.381 e. The summed E-state index contributed by atoms with van der Waals surface area (Å²) >= 11 is 3.34. The molecule has 2 unspecified atom stereocenters. The summed E-state index contributed by atoms with van der Waals surface area (Å²) in [7, 11) is 0. The number of hydrogen-bond donors (Lipinski definition) is 1. The van der Waals surface area contributed by atoms with Crippen molar-refractivity contribution in [2.45, 2.75) is 38.6 Å². The average Bonchev–Trinajstić information content (AvgIpc) is 2.69. The van der Waals surface area contributed by atoms with E-state index in [1.54, 1.807) is 0 Å². The zero-order valence-corrected chi connectivity index (χ0v) is 10.6. The quantitative estimate of drug-likeness (QED) is 0.843. The van der Waals surface area contributed by atoms with Crippen LogP contribution in [0.2, 0.25) is 0 Å². The molecule has 15 heavy (non-hydrogen) atoms. The summed E-state index contributed by atoms with van der Waals surface area (Å²) in [6, 6.07) is 4.71. The van der Waals surface area contributed by atoms with Gasteiger partial charge in [-0.1, -0.05) is 13.3 Å². The first-order chi connectivity index (χ1) is 7.28. The van der Waals surface area contributed by atoms with Gasteiger partial charge >= 0.3 is 0 Å². The van der Waals surface area contributed by atoms with Crippen molar-refractivity contribution < 1.29 is 0 Å². The van der Waals surface area contributed by atoms with Gasteiger partial charge in [0.05, 0.1) is 11.9 Å². The van der Waals surface area contributed by atoms with Gasteiger partial charge in [-0.25, -0.2) is 4.98 Å². The maximum absolute atomic E-state index is 4.21. The van der Waals surface area contributed by atoms with Crippen LogP contribution >= 0.6 is 15.9 Å². The summed E-state index contributed by atoms with van der Waals surface area (Å²) in [5, 5.41) is 3.55. The molecule has 1 aromatic heterocycles. The Morgan fingerprint density at radius 1 is 1.47 bits per heavy atom. The van der Waals surface area contributed by atoms with E-state index in [-0.39, 0.29) is 0 Å². The molecule has 82 valence electrons. The van der Waals surface area contributed by atoms with Gasteiger partial charge in [0.15, 0.2) is 0 Å². The smallest absolute Gasteiger partial charge is 0.106 e. The van der Waals surface area contributed by atoms with E-state index in [0.717, 1.165) is 16.2 Å². The van der Waals surface area contributed by atoms with Crippen molar-refractivity contribution in [1.29, 1.82) is 0 Å². The van der Waals surface area contributed by atoms with Crippen LogP contribution in [0.5, 0.6) is 0 Å². The number of rotatable bonds is 3. The molecule has 2 nitrogen and oxygen atoms in total. The molecule has 0 aromatic carbocycles. The first-order valence-electron chi connectivity index (χ1n) is 5.66. The second-order valence-electron chi connectivity index (χ2n) is 4.30. The van der Waals surface area contributed by atoms with Crippen molar-refractivity contribution in [3.05, 3.63) is 22.9 Å². The molecule has 0 radical (unpaired) electrons. The Morgan fingerprint density at radius 2 is 2.33 bits per heavy atom. The van der Waals surface area contributed by atoms with Crippen molar-refractivity contribution in [3.63, 3.8) is 0 Å². The zero-order valence-electron chi connectivity index (χ0n) is 9.04. The maximum Gasteiger partial charge on any atom is 0.106 e. The number of nitrogens with zero attached hydrogens (tertiary/aromatic N) is 1. The normalized spacial score (nSPS) is 25.5. The molecule has 1 saturated carbocycles. The molecule has 0 aliphatic heterocycles. The lowest BCUT2D eigenvalue weighted by molar-refractivity contribution is 0.525. The van der Waals surface area contributed by atoms with Crippen LogP contribution in [0.4, 0.5) is 5.69 Å². The molecule has 1 aliphatic carbocycles. The van der Waals surface area contributed by atoms with Crippen molar-refractivity contribution in [3.8, 4) is 0 Å². The van der Waals surface area contributed by atoms with Crippen molar-refractivity contribution in [1.82, 2.24) is 4.98 Å². The molecule has 1 heterocycles. The fourth-order valence-corrected chi connectivity index (χ4v) is 2.51. The van der Waals surface area contributed by atoms with Gasteiger partial charge in [-0.05, 0) is 53.2 Å². The zero-order chi connectivity index (χ0) is 10.7. The van der Waals surface area contributed by atoms with Crippen molar-refractivity contribution in [2.24, 2.45) is 5.92 Å². The minimum atomic E-state index is 0.651. The maximum atomic E-state index is 4.21. The van der Waals surface area contributed by atoms with Gasteiger partial charge in [0.2, 0.25) is 0 Å². The Labute approximate surface area is 99.6 Å². The van der Waals surface area contributed by atoms with E-state index in [1.807, 2.05) is 12.3 Å². The van der Waals surface area contributed by atoms with E-state index in [0.29, 0.717) is 6.04 Å². The second kappa shape index (κ2) is 4.97. The van der Waals surface area contributed by atoms with Crippen LogP contribution in [0.25, 0.3) is 0 Å². The fraction of sp³-hybridized carbons (Fsp3) is 0.583. The molecule has 3 heteroatoms. The number of nitrogens with one attached hydrogen (secondary N) is 1. The lowest BCUT2D eigenvalue weighted by Gasteiger charge is -2.13. The third-order valence-corrected chi connectivity index (χ3v) is 3.69. The summed E-state index contributed by atoms with van der Waals surface area (Å²) in [6.07, 6.45) is 7.19. The minimum absolute atomic E-state index is 0.651. The van der Waals surface area contributed by atoms with Crippen molar-refractivity contribution in [2.75, 3.05) is 5.32 Å². The Morgan fingerprint density at radius 3 is 2.93 bits per heavy atom. The summed E-state index contributed by atoms with van der Waals surface area (Å²) in [6.45, 7) is 2.29. The van der Waals surface area contributed by atoms with Gasteiger partial charge in [-0.15, -0.1) is 0 Å². The predicted molar refractivity (Wildman–Crippen MR) is 67.0 cm³/mol. The lowest BCUT2D eigenvalue weighted by atomic mass is 10.1. The molecule has 1 aliphatic rings. The monoisotopic (exact) mass is 268 g/mol. The number of aromatic nitrogens is 1. The van der Waals surface area contributed by atoms with E-state index in [2.05, 4.69) is 39.2 Å². The van der Waals surface area contributed by atoms with Gasteiger partial charge < -0.3 is 5.32 Å². The molecule has 1 aromatic rings. The van der Waals surface area contributed by atoms with Crippen LogP contribution in [0.3, 0.4) is 0 Å². The fourth-order valence-electron chi connectivity index (χ4n) is 2.27. The summed E-state index contributed by atoms with van der Waals surface area (Å²) in [5.74, 6) is 0.922. The molecular weight excluding hydrogens is 252 g/mol. The van der Waals surface area contributed by atoms with Crippen molar-refractivity contribution >= 4 is 21.6 Å². The second-order valence-corrected chi connectivity index (χ2v) is 5.11. The van der Waals surface area contributed by atoms with Gasteiger partial charge in [0.1, 0.15) is 4.60 Å². The first kappa shape index (κ1) is 10.9. The highest BCUT2D eigenvalue weighted by atomic mass is 79.9. The van der Waals surface area contributed by atoms with Gasteiger partial charge in [-0.2, -0.15) is 0 Å². The van der Waals surface area contributed by atoms with E-state index >= 15 is 0 Å². The third-order valence-electron chi connectivity index (χ3n) is 3.22. The Balaban J connectivity index is 1.90. The van der Waals surface area contributed by atoms with E-state index in [1.165, 1.54) is 25.7 Å². The van der Waals surface area contributed by atoms with Gasteiger partial charge in [-0.3, -0.25) is 0 Å². The number of hydrogen-bond acceptors (Lipinski definition) is 2. The number of halogens is 1. The molecule has 2 rings (SSSR count). The van der Waals surface area contributed by atoms with Crippen LogP contribution in [0.15, 0.2) is 22.9 Å². The van der Waals surface area contributed by atoms with Gasteiger partial charge in [0, 0.05) is 6.04 Å².